The summed E-state index contributed by atoms with van der Waals surface area (Å²) in [5.74, 6) is -0.218. The summed E-state index contributed by atoms with van der Waals surface area (Å²) in [7, 11) is 3.82. The van der Waals surface area contributed by atoms with Crippen LogP contribution in [0.4, 0.5) is 0 Å². The number of ether oxygens (including phenoxy) is 2. The molecule has 7 heteroatoms. The molecule has 0 aliphatic carbocycles. The molecule has 1 unspecified atom stereocenters. The first-order chi connectivity index (χ1) is 18.3. The zero-order chi connectivity index (χ0) is 27.2. The van der Waals surface area contributed by atoms with Crippen LogP contribution in [0, 0.1) is 6.92 Å². The predicted octanol–water partition coefficient (Wildman–Crippen LogP) is 4.96. The second-order valence-electron chi connectivity index (χ2n) is 9.56. The van der Waals surface area contributed by atoms with Gasteiger partial charge in [-0.2, -0.15) is 0 Å². The number of carbonyl (C=O) groups is 2. The summed E-state index contributed by atoms with van der Waals surface area (Å²) in [6, 6.07) is 21.7. The average molecular weight is 515 g/mol. The third-order valence-corrected chi connectivity index (χ3v) is 6.50. The number of aliphatic hydroxyl groups excluding tert-OH is 1. The molecule has 1 heterocycles. The Labute approximate surface area is 223 Å². The Bertz CT molecular complexity index is 1330. The van der Waals surface area contributed by atoms with Gasteiger partial charge in [0.1, 0.15) is 23.9 Å². The molecule has 38 heavy (non-hydrogen) atoms. The lowest BCUT2D eigenvalue weighted by Gasteiger charge is -2.27. The van der Waals surface area contributed by atoms with Crippen LogP contribution in [-0.4, -0.2) is 60.4 Å². The van der Waals surface area contributed by atoms with Crippen molar-refractivity contribution in [2.45, 2.75) is 26.5 Å². The van der Waals surface area contributed by atoms with Crippen LogP contribution in [0.25, 0.3) is 5.76 Å². The van der Waals surface area contributed by atoms with Crippen molar-refractivity contribution in [3.05, 3.63) is 101 Å². The molecule has 3 aromatic carbocycles. The van der Waals surface area contributed by atoms with Gasteiger partial charge in [0.25, 0.3) is 11.7 Å². The quantitative estimate of drug-likeness (QED) is 0.234. The highest BCUT2D eigenvalue weighted by atomic mass is 16.5. The summed E-state index contributed by atoms with van der Waals surface area (Å²) < 4.78 is 11.6. The maximum atomic E-state index is 13.3. The van der Waals surface area contributed by atoms with Crippen LogP contribution in [0.5, 0.6) is 11.5 Å². The summed E-state index contributed by atoms with van der Waals surface area (Å²) in [6.07, 6.45) is 0. The Kier molecular flexibility index (Phi) is 8.48. The Morgan fingerprint density at radius 1 is 0.974 bits per heavy atom. The van der Waals surface area contributed by atoms with Crippen molar-refractivity contribution in [1.82, 2.24) is 9.80 Å². The van der Waals surface area contributed by atoms with Gasteiger partial charge in [-0.15, -0.1) is 0 Å². The molecule has 1 fully saturated rings. The van der Waals surface area contributed by atoms with E-state index in [-0.39, 0.29) is 11.3 Å². The fourth-order valence-electron chi connectivity index (χ4n) is 4.55. The van der Waals surface area contributed by atoms with Crippen molar-refractivity contribution in [3.63, 3.8) is 0 Å². The van der Waals surface area contributed by atoms with Gasteiger partial charge < -0.3 is 24.4 Å². The molecule has 1 N–H and O–H groups in total. The van der Waals surface area contributed by atoms with Gasteiger partial charge in [-0.1, -0.05) is 42.5 Å². The molecule has 1 saturated heterocycles. The number of likely N-dealkylation sites (N-methyl/N-ethyl adjacent to an activating group) is 1. The lowest BCUT2D eigenvalue weighted by Crippen LogP contribution is -2.35. The van der Waals surface area contributed by atoms with E-state index < -0.39 is 17.7 Å². The molecule has 4 rings (SSSR count). The number of Topliss-reactive ketones (excluding diaryl/α,β-unsaturated/α-hetero) is 1. The number of hydrogen-bond donors (Lipinski definition) is 1. The lowest BCUT2D eigenvalue weighted by molar-refractivity contribution is -0.140. The first-order valence-electron chi connectivity index (χ1n) is 12.7. The number of aryl methyl sites for hydroxylation is 1. The van der Waals surface area contributed by atoms with Crippen LogP contribution in [0.1, 0.15) is 35.2 Å². The Hall–Kier alpha value is -4.10. The van der Waals surface area contributed by atoms with Gasteiger partial charge in [-0.25, -0.2) is 0 Å². The maximum absolute atomic E-state index is 13.3. The van der Waals surface area contributed by atoms with Crippen molar-refractivity contribution in [3.8, 4) is 11.5 Å². The van der Waals surface area contributed by atoms with Crippen molar-refractivity contribution in [1.29, 1.82) is 0 Å². The SMILES string of the molecule is CCOc1ccc(/C(O)=C2\C(=O)C(=O)N(CCN(C)C)C2c2cccc(OCc3ccccc3)c2)cc1C. The molecular formula is C31H34N2O5. The van der Waals surface area contributed by atoms with E-state index in [0.717, 1.165) is 11.1 Å². The number of hydrogen-bond acceptors (Lipinski definition) is 6. The fraction of sp³-hybridized carbons (Fsp3) is 0.290. The average Bonchev–Trinajstić information content (AvgIpc) is 3.17. The minimum absolute atomic E-state index is 0.0672. The monoisotopic (exact) mass is 514 g/mol. The van der Waals surface area contributed by atoms with Crippen LogP contribution in [0.3, 0.4) is 0 Å². The molecule has 0 bridgehead atoms. The zero-order valence-electron chi connectivity index (χ0n) is 22.3. The number of ketones is 1. The number of nitrogens with zero attached hydrogens (tertiary/aromatic N) is 2. The van der Waals surface area contributed by atoms with Crippen LogP contribution < -0.4 is 9.47 Å². The molecule has 1 amide bonds. The molecule has 1 aliphatic rings. The highest BCUT2D eigenvalue weighted by Crippen LogP contribution is 2.40. The van der Waals surface area contributed by atoms with E-state index in [9.17, 15) is 14.7 Å². The van der Waals surface area contributed by atoms with Gasteiger partial charge in [0.15, 0.2) is 0 Å². The molecule has 0 radical (unpaired) electrons. The van der Waals surface area contributed by atoms with E-state index >= 15 is 0 Å². The first-order valence-corrected chi connectivity index (χ1v) is 12.7. The van der Waals surface area contributed by atoms with Crippen LogP contribution in [0.15, 0.2) is 78.4 Å². The van der Waals surface area contributed by atoms with E-state index in [2.05, 4.69) is 0 Å². The molecule has 1 atom stereocenters. The Morgan fingerprint density at radius 3 is 2.42 bits per heavy atom. The van der Waals surface area contributed by atoms with E-state index in [0.29, 0.717) is 48.9 Å². The summed E-state index contributed by atoms with van der Waals surface area (Å²) in [5, 5.41) is 11.4. The number of amides is 1. The van der Waals surface area contributed by atoms with Crippen LogP contribution >= 0.6 is 0 Å². The van der Waals surface area contributed by atoms with E-state index in [1.807, 2.05) is 87.4 Å². The predicted molar refractivity (Wildman–Crippen MR) is 147 cm³/mol. The normalized spacial score (nSPS) is 16.8. The second kappa shape index (κ2) is 12.0. The van der Waals surface area contributed by atoms with Gasteiger partial charge in [0.2, 0.25) is 0 Å². The molecule has 0 aromatic heterocycles. The Balaban J connectivity index is 1.74. The van der Waals surface area contributed by atoms with Gasteiger partial charge in [0, 0.05) is 18.7 Å². The molecule has 3 aromatic rings. The lowest BCUT2D eigenvalue weighted by atomic mass is 9.94. The largest absolute Gasteiger partial charge is 0.507 e. The third-order valence-electron chi connectivity index (χ3n) is 6.50. The van der Waals surface area contributed by atoms with Crippen LogP contribution in [-0.2, 0) is 16.2 Å². The second-order valence-corrected chi connectivity index (χ2v) is 9.56. The summed E-state index contributed by atoms with van der Waals surface area (Å²) in [5.41, 5.74) is 3.07. The number of benzene rings is 3. The van der Waals surface area contributed by atoms with Crippen molar-refractivity contribution in [2.24, 2.45) is 0 Å². The summed E-state index contributed by atoms with van der Waals surface area (Å²) in [4.78, 5) is 30.0. The van der Waals surface area contributed by atoms with Crippen molar-refractivity contribution < 1.29 is 24.2 Å². The van der Waals surface area contributed by atoms with Gasteiger partial charge in [0.05, 0.1) is 18.2 Å². The van der Waals surface area contributed by atoms with Gasteiger partial charge >= 0.3 is 0 Å². The van der Waals surface area contributed by atoms with E-state index in [1.165, 1.54) is 4.90 Å². The summed E-state index contributed by atoms with van der Waals surface area (Å²) >= 11 is 0. The third kappa shape index (κ3) is 5.89. The topological polar surface area (TPSA) is 79.3 Å². The van der Waals surface area contributed by atoms with Crippen LogP contribution in [0.2, 0.25) is 0 Å². The fourth-order valence-corrected chi connectivity index (χ4v) is 4.55. The van der Waals surface area contributed by atoms with Gasteiger partial charge in [-0.3, -0.25) is 9.59 Å². The number of carbonyl (C=O) groups excluding carboxylic acids is 2. The zero-order valence-corrected chi connectivity index (χ0v) is 22.3. The highest BCUT2D eigenvalue weighted by molar-refractivity contribution is 6.46. The Morgan fingerprint density at radius 2 is 1.74 bits per heavy atom. The smallest absolute Gasteiger partial charge is 0.295 e. The number of likely N-dealkylation sites (tertiary alicyclic amines) is 1. The van der Waals surface area contributed by atoms with Crippen molar-refractivity contribution >= 4 is 17.4 Å². The number of aliphatic hydroxyl groups is 1. The number of rotatable bonds is 10. The first kappa shape index (κ1) is 26.9. The van der Waals surface area contributed by atoms with E-state index in [4.69, 9.17) is 9.47 Å². The highest BCUT2D eigenvalue weighted by Gasteiger charge is 2.46. The van der Waals surface area contributed by atoms with Crippen molar-refractivity contribution in [2.75, 3.05) is 33.8 Å². The molecule has 7 nitrogen and oxygen atoms in total. The molecule has 1 aliphatic heterocycles. The molecule has 198 valence electrons. The van der Waals surface area contributed by atoms with Gasteiger partial charge in [-0.05, 0) is 75.0 Å². The minimum Gasteiger partial charge on any atom is -0.507 e. The molecule has 0 spiro atoms. The van der Waals surface area contributed by atoms with E-state index in [1.54, 1.807) is 18.2 Å². The maximum Gasteiger partial charge on any atom is 0.295 e. The summed E-state index contributed by atoms with van der Waals surface area (Å²) in [6.45, 7) is 5.58. The molecule has 0 saturated carbocycles. The standard InChI is InChI=1S/C31H34N2O5/c1-5-37-26-15-14-24(18-21(26)2)29(34)27-28(33(17-16-32(3)4)31(36)30(27)35)23-12-9-13-25(19-23)38-20-22-10-7-6-8-11-22/h6-15,18-19,28,34H,5,16-17,20H2,1-4H3/b29-27+. The minimum atomic E-state index is -0.748. The molecular weight excluding hydrogens is 480 g/mol.